The van der Waals surface area contributed by atoms with Crippen LogP contribution in [0.15, 0.2) is 17.0 Å². The minimum absolute atomic E-state index is 0.0883. The third-order valence-electron chi connectivity index (χ3n) is 6.16. The third-order valence-corrected chi connectivity index (χ3v) is 9.85. The Labute approximate surface area is 249 Å². The standard InChI is InChI=1S/C24H30Cl2F3N5O5S2/c1-4-13(10-27)33-41(38,39)16-7-6-14(17(25)18(16)26)19-15(11-34-9-5-8-24(28,29)12-34)30-21(40-19)20(35)31-32-22(36)23(2,3)37/h6-7,13,33,37H,4-5,8-12H2,1-3H3,(H,31,35)(H,32,36)/t13-/m0/s1. The molecule has 0 spiro atoms. The molecule has 0 aliphatic carbocycles. The zero-order valence-corrected chi connectivity index (χ0v) is 25.5. The van der Waals surface area contributed by atoms with Gasteiger partial charge in [-0.3, -0.25) is 25.3 Å². The van der Waals surface area contributed by atoms with Crippen LogP contribution >= 0.6 is 34.5 Å². The molecule has 3 rings (SSSR count). The number of nitrogens with zero attached hydrogens (tertiary/aromatic N) is 2. The minimum atomic E-state index is -4.25. The number of amides is 2. The molecule has 1 aromatic carbocycles. The molecule has 17 heteroatoms. The first-order valence-electron chi connectivity index (χ1n) is 12.5. The van der Waals surface area contributed by atoms with Crippen molar-refractivity contribution in [2.45, 2.75) is 69.0 Å². The van der Waals surface area contributed by atoms with Gasteiger partial charge in [0.05, 0.1) is 33.2 Å². The van der Waals surface area contributed by atoms with Crippen molar-refractivity contribution in [2.75, 3.05) is 19.8 Å². The Hall–Kier alpha value is -2.01. The van der Waals surface area contributed by atoms with E-state index in [1.54, 1.807) is 6.92 Å². The van der Waals surface area contributed by atoms with Gasteiger partial charge in [0, 0.05) is 18.5 Å². The van der Waals surface area contributed by atoms with Gasteiger partial charge in [-0.2, -0.15) is 0 Å². The van der Waals surface area contributed by atoms with Crippen molar-refractivity contribution < 1.29 is 36.3 Å². The second kappa shape index (κ2) is 13.1. The molecule has 41 heavy (non-hydrogen) atoms. The fourth-order valence-electron chi connectivity index (χ4n) is 3.90. The molecular weight excluding hydrogens is 630 g/mol. The number of halogens is 5. The van der Waals surface area contributed by atoms with Gasteiger partial charge in [-0.25, -0.2) is 31.3 Å². The van der Waals surface area contributed by atoms with Crippen LogP contribution in [0.5, 0.6) is 0 Å². The van der Waals surface area contributed by atoms with Gasteiger partial charge in [0.15, 0.2) is 5.01 Å². The van der Waals surface area contributed by atoms with Crippen LogP contribution in [0.1, 0.15) is 55.5 Å². The van der Waals surface area contributed by atoms with Gasteiger partial charge < -0.3 is 5.11 Å². The van der Waals surface area contributed by atoms with Crippen LogP contribution < -0.4 is 15.6 Å². The molecule has 1 saturated heterocycles. The summed E-state index contributed by atoms with van der Waals surface area (Å²) in [5.74, 6) is -4.65. The number of hydrogen-bond acceptors (Lipinski definition) is 8. The number of carbonyl (C=O) groups excluding carboxylic acids is 2. The Morgan fingerprint density at radius 2 is 1.93 bits per heavy atom. The largest absolute Gasteiger partial charge is 0.381 e. The Bertz CT molecular complexity index is 1400. The number of likely N-dealkylation sites (tertiary alicyclic amines) is 1. The van der Waals surface area contributed by atoms with Crippen molar-refractivity contribution in [3.05, 3.63) is 32.9 Å². The Kier molecular flexibility index (Phi) is 10.7. The first-order valence-corrected chi connectivity index (χ1v) is 15.5. The number of aromatic nitrogens is 1. The van der Waals surface area contributed by atoms with Gasteiger partial charge in [0.2, 0.25) is 10.0 Å². The SMILES string of the molecule is CC[C@@H](CF)NS(=O)(=O)c1ccc(-c2sc(C(=O)NNC(=O)C(C)(C)O)nc2CN2CCCC(F)(F)C2)c(Cl)c1Cl. The molecule has 10 nitrogen and oxygen atoms in total. The number of alkyl halides is 3. The number of aliphatic hydroxyl groups is 1. The maximum absolute atomic E-state index is 14.1. The highest BCUT2D eigenvalue weighted by Gasteiger charge is 2.36. The summed E-state index contributed by atoms with van der Waals surface area (Å²) in [6, 6.07) is 1.53. The molecule has 1 aliphatic rings. The van der Waals surface area contributed by atoms with Crippen LogP contribution in [0.2, 0.25) is 10.0 Å². The van der Waals surface area contributed by atoms with Gasteiger partial charge in [-0.05, 0) is 39.3 Å². The summed E-state index contributed by atoms with van der Waals surface area (Å²) in [4.78, 5) is 30.4. The van der Waals surface area contributed by atoms with E-state index in [2.05, 4.69) is 20.6 Å². The van der Waals surface area contributed by atoms with Gasteiger partial charge in [0.1, 0.15) is 17.2 Å². The summed E-state index contributed by atoms with van der Waals surface area (Å²) in [7, 11) is -4.25. The lowest BCUT2D eigenvalue weighted by molar-refractivity contribution is -0.137. The van der Waals surface area contributed by atoms with Crippen LogP contribution in [0.4, 0.5) is 13.2 Å². The molecule has 1 aromatic heterocycles. The third kappa shape index (κ3) is 8.30. The van der Waals surface area contributed by atoms with E-state index in [0.29, 0.717) is 6.54 Å². The molecule has 228 valence electrons. The normalized spacial score (nSPS) is 16.8. The molecule has 1 aliphatic heterocycles. The van der Waals surface area contributed by atoms with Crippen LogP contribution in [-0.2, 0) is 21.4 Å². The average Bonchev–Trinajstić information content (AvgIpc) is 3.29. The number of carbonyl (C=O) groups is 2. The average molecular weight is 661 g/mol. The summed E-state index contributed by atoms with van der Waals surface area (Å²) in [5, 5.41) is 9.02. The Morgan fingerprint density at radius 3 is 2.51 bits per heavy atom. The molecule has 0 unspecified atom stereocenters. The Balaban J connectivity index is 2.01. The van der Waals surface area contributed by atoms with E-state index in [4.69, 9.17) is 23.2 Å². The van der Waals surface area contributed by atoms with Crippen molar-refractivity contribution in [3.63, 3.8) is 0 Å². The number of benzene rings is 1. The molecule has 4 N–H and O–H groups in total. The number of sulfonamides is 1. The molecule has 0 saturated carbocycles. The minimum Gasteiger partial charge on any atom is -0.381 e. The summed E-state index contributed by atoms with van der Waals surface area (Å²) < 4.78 is 69.3. The van der Waals surface area contributed by atoms with Crippen LogP contribution in [0.25, 0.3) is 10.4 Å². The van der Waals surface area contributed by atoms with Crippen molar-refractivity contribution >= 4 is 56.4 Å². The van der Waals surface area contributed by atoms with Crippen LogP contribution in [0, 0.1) is 0 Å². The zero-order chi connectivity index (χ0) is 30.8. The molecule has 1 fully saturated rings. The quantitative estimate of drug-likeness (QED) is 0.284. The fourth-order valence-corrected chi connectivity index (χ4v) is 7.12. The van der Waals surface area contributed by atoms with Gasteiger partial charge in [-0.15, -0.1) is 11.3 Å². The number of hydrazine groups is 1. The monoisotopic (exact) mass is 659 g/mol. The second-order valence-electron chi connectivity index (χ2n) is 10.1. The zero-order valence-electron chi connectivity index (χ0n) is 22.4. The summed E-state index contributed by atoms with van der Waals surface area (Å²) in [5.41, 5.74) is 2.81. The molecule has 2 heterocycles. The second-order valence-corrected chi connectivity index (χ2v) is 13.5. The van der Waals surface area contributed by atoms with Crippen LogP contribution in [0.3, 0.4) is 0 Å². The Morgan fingerprint density at radius 1 is 1.24 bits per heavy atom. The van der Waals surface area contributed by atoms with Crippen LogP contribution in [-0.4, -0.2) is 72.6 Å². The highest BCUT2D eigenvalue weighted by atomic mass is 35.5. The molecule has 0 radical (unpaired) electrons. The van der Waals surface area contributed by atoms with E-state index in [9.17, 15) is 36.3 Å². The van der Waals surface area contributed by atoms with Gasteiger partial charge >= 0.3 is 0 Å². The predicted molar refractivity (Wildman–Crippen MR) is 149 cm³/mol. The molecule has 2 aromatic rings. The number of hydrogen-bond donors (Lipinski definition) is 4. The van der Waals surface area contributed by atoms with Gasteiger partial charge in [0.25, 0.3) is 17.7 Å². The smallest absolute Gasteiger partial charge is 0.298 e. The number of nitrogens with one attached hydrogen (secondary N) is 3. The molecule has 0 bridgehead atoms. The van der Waals surface area contributed by atoms with E-state index in [0.717, 1.165) is 11.3 Å². The van der Waals surface area contributed by atoms with E-state index in [1.807, 2.05) is 0 Å². The van der Waals surface area contributed by atoms with Crippen molar-refractivity contribution in [1.82, 2.24) is 25.5 Å². The summed E-state index contributed by atoms with van der Waals surface area (Å²) in [6.07, 6.45) is 0.182. The van der Waals surface area contributed by atoms with E-state index < -0.39 is 57.5 Å². The molecule has 1 atom stereocenters. The number of thiazole rings is 1. The number of rotatable bonds is 10. The first-order chi connectivity index (χ1) is 19.0. The highest BCUT2D eigenvalue weighted by molar-refractivity contribution is 7.89. The van der Waals surface area contributed by atoms with Gasteiger partial charge in [-0.1, -0.05) is 36.2 Å². The lowest BCUT2D eigenvalue weighted by atomic mass is 10.1. The lowest BCUT2D eigenvalue weighted by Crippen LogP contribution is -2.50. The molecular formula is C24H30Cl2F3N5O5S2. The first kappa shape index (κ1) is 33.5. The van der Waals surface area contributed by atoms with E-state index >= 15 is 0 Å². The van der Waals surface area contributed by atoms with E-state index in [-0.39, 0.29) is 57.0 Å². The van der Waals surface area contributed by atoms with Crippen molar-refractivity contribution in [3.8, 4) is 10.4 Å². The van der Waals surface area contributed by atoms with E-state index in [1.165, 1.54) is 30.9 Å². The lowest BCUT2D eigenvalue weighted by Gasteiger charge is -2.32. The van der Waals surface area contributed by atoms with Crippen molar-refractivity contribution in [2.24, 2.45) is 0 Å². The topological polar surface area (TPSA) is 141 Å². The fraction of sp³-hybridized carbons (Fsp3) is 0.542. The van der Waals surface area contributed by atoms with Crippen molar-refractivity contribution in [1.29, 1.82) is 0 Å². The maximum atomic E-state index is 14.1. The predicted octanol–water partition coefficient (Wildman–Crippen LogP) is 3.91. The summed E-state index contributed by atoms with van der Waals surface area (Å²) >= 11 is 13.7. The number of piperidine rings is 1. The molecule has 2 amide bonds. The maximum Gasteiger partial charge on any atom is 0.298 e. The summed E-state index contributed by atoms with van der Waals surface area (Å²) in [6.45, 7) is 2.84. The highest BCUT2D eigenvalue weighted by Crippen LogP contribution is 2.42.